The molecule has 4 rings (SSSR count). The molecule has 140 valence electrons. The van der Waals surface area contributed by atoms with Crippen LogP contribution < -0.4 is 0 Å². The third kappa shape index (κ3) is 3.58. The minimum atomic E-state index is -0.306. The molecule has 0 unspecified atom stereocenters. The zero-order chi connectivity index (χ0) is 19.7. The number of aromatic nitrogens is 2. The largest absolute Gasteiger partial charge is 0.504 e. The van der Waals surface area contributed by atoms with E-state index in [0.29, 0.717) is 5.56 Å². The number of hydrogen-bond donors (Lipinski definition) is 2. The zero-order valence-electron chi connectivity index (χ0n) is 14.9. The highest BCUT2D eigenvalue weighted by atomic mass is 32.2. The Bertz CT molecular complexity index is 1170. The van der Waals surface area contributed by atoms with Crippen molar-refractivity contribution in [2.75, 3.05) is 5.75 Å². The zero-order valence-corrected chi connectivity index (χ0v) is 16.5. The third-order valence-corrected chi connectivity index (χ3v) is 6.21. The molecule has 0 fully saturated rings. The highest BCUT2D eigenvalue weighted by Gasteiger charge is 2.16. The first-order valence-electron chi connectivity index (χ1n) is 8.50. The van der Waals surface area contributed by atoms with Crippen molar-refractivity contribution in [3.63, 3.8) is 0 Å². The second kappa shape index (κ2) is 7.61. The Balaban J connectivity index is 1.63. The van der Waals surface area contributed by atoms with Crippen LogP contribution in [0, 0.1) is 6.92 Å². The first kappa shape index (κ1) is 18.5. The molecule has 4 aromatic rings. The number of aryl methyl sites for hydroxylation is 1. The van der Waals surface area contributed by atoms with Gasteiger partial charge in [-0.25, -0.2) is 9.97 Å². The molecule has 0 amide bonds. The minimum absolute atomic E-state index is 0.154. The van der Waals surface area contributed by atoms with Gasteiger partial charge < -0.3 is 10.2 Å². The smallest absolute Gasteiger partial charge is 0.173 e. The van der Waals surface area contributed by atoms with Gasteiger partial charge in [-0.15, -0.1) is 11.3 Å². The van der Waals surface area contributed by atoms with E-state index < -0.39 is 0 Å². The maximum Gasteiger partial charge on any atom is 0.173 e. The molecule has 0 bridgehead atoms. The van der Waals surface area contributed by atoms with Gasteiger partial charge in [0.1, 0.15) is 16.2 Å². The Labute approximate surface area is 169 Å². The summed E-state index contributed by atoms with van der Waals surface area (Å²) >= 11 is 2.89. The summed E-state index contributed by atoms with van der Waals surface area (Å²) in [5.41, 5.74) is 3.68. The fourth-order valence-corrected chi connectivity index (χ4v) is 4.70. The molecule has 0 saturated carbocycles. The second-order valence-corrected chi connectivity index (χ2v) is 8.11. The highest BCUT2D eigenvalue weighted by molar-refractivity contribution is 8.00. The lowest BCUT2D eigenvalue weighted by Gasteiger charge is -2.06. The Morgan fingerprint density at radius 3 is 2.61 bits per heavy atom. The number of thioether (sulfide) groups is 1. The van der Waals surface area contributed by atoms with Crippen molar-refractivity contribution in [1.29, 1.82) is 0 Å². The van der Waals surface area contributed by atoms with E-state index in [-0.39, 0.29) is 23.0 Å². The van der Waals surface area contributed by atoms with Crippen molar-refractivity contribution in [2.45, 2.75) is 11.9 Å². The van der Waals surface area contributed by atoms with E-state index >= 15 is 0 Å². The fraction of sp³-hybridized carbons (Fsp3) is 0.0952. The van der Waals surface area contributed by atoms with E-state index in [9.17, 15) is 15.0 Å². The predicted molar refractivity (Wildman–Crippen MR) is 112 cm³/mol. The average Bonchev–Trinajstić information content (AvgIpc) is 3.13. The summed E-state index contributed by atoms with van der Waals surface area (Å²) in [6.07, 6.45) is 1.51. The van der Waals surface area contributed by atoms with Crippen molar-refractivity contribution in [1.82, 2.24) is 9.97 Å². The van der Waals surface area contributed by atoms with Crippen molar-refractivity contribution in [2.24, 2.45) is 0 Å². The van der Waals surface area contributed by atoms with Crippen LogP contribution in [0.4, 0.5) is 0 Å². The first-order valence-corrected chi connectivity index (χ1v) is 10.4. The molecule has 2 heterocycles. The fourth-order valence-electron chi connectivity index (χ4n) is 2.82. The number of aromatic hydroxyl groups is 2. The summed E-state index contributed by atoms with van der Waals surface area (Å²) in [4.78, 5) is 22.1. The van der Waals surface area contributed by atoms with E-state index in [1.54, 1.807) is 11.3 Å². The van der Waals surface area contributed by atoms with E-state index in [1.165, 1.54) is 41.9 Å². The van der Waals surface area contributed by atoms with E-state index in [1.807, 2.05) is 6.92 Å². The summed E-state index contributed by atoms with van der Waals surface area (Å²) in [6.45, 7) is 2.05. The Morgan fingerprint density at radius 2 is 1.86 bits per heavy atom. The topological polar surface area (TPSA) is 83.3 Å². The number of benzene rings is 2. The van der Waals surface area contributed by atoms with Gasteiger partial charge in [0.25, 0.3) is 0 Å². The second-order valence-electron chi connectivity index (χ2n) is 6.29. The molecular formula is C21H16N2O3S2. The molecule has 0 aliphatic carbocycles. The van der Waals surface area contributed by atoms with Crippen LogP contribution in [-0.2, 0) is 0 Å². The number of hydrogen-bond acceptors (Lipinski definition) is 7. The lowest BCUT2D eigenvalue weighted by atomic mass is 10.1. The summed E-state index contributed by atoms with van der Waals surface area (Å²) < 4.78 is 0. The number of ketones is 1. The molecule has 7 heteroatoms. The van der Waals surface area contributed by atoms with Gasteiger partial charge in [0.15, 0.2) is 17.3 Å². The number of phenols is 2. The molecule has 0 aliphatic heterocycles. The van der Waals surface area contributed by atoms with Crippen LogP contribution in [0.5, 0.6) is 11.5 Å². The number of fused-ring (bicyclic) bond motifs is 1. The molecule has 2 N–H and O–H groups in total. The molecule has 2 aromatic heterocycles. The van der Waals surface area contributed by atoms with Gasteiger partial charge >= 0.3 is 0 Å². The van der Waals surface area contributed by atoms with Crippen molar-refractivity contribution < 1.29 is 15.0 Å². The highest BCUT2D eigenvalue weighted by Crippen LogP contribution is 2.38. The van der Waals surface area contributed by atoms with Crippen LogP contribution in [0.15, 0.2) is 59.2 Å². The molecule has 5 nitrogen and oxygen atoms in total. The van der Waals surface area contributed by atoms with E-state index in [2.05, 4.69) is 39.6 Å². The van der Waals surface area contributed by atoms with Crippen LogP contribution in [-0.4, -0.2) is 31.7 Å². The molecule has 0 aliphatic rings. The maximum atomic E-state index is 12.5. The van der Waals surface area contributed by atoms with Gasteiger partial charge in [0, 0.05) is 16.5 Å². The molecule has 0 atom stereocenters. The number of Topliss-reactive ketones (excluding diaryl/α,β-unsaturated/α-hetero) is 1. The Kier molecular flexibility index (Phi) is 5.02. The third-order valence-electron chi connectivity index (χ3n) is 4.34. The van der Waals surface area contributed by atoms with Gasteiger partial charge in [-0.2, -0.15) is 0 Å². The standard InChI is InChI=1S/C21H16N2O3S2/c1-12-2-4-13(5-3-12)15-9-27-20-19(15)21(23-11-22-20)28-10-18(26)14-6-7-16(24)17(25)8-14/h2-9,11,24-25H,10H2,1H3. The van der Waals surface area contributed by atoms with Gasteiger partial charge in [0.05, 0.1) is 11.1 Å². The minimum Gasteiger partial charge on any atom is -0.504 e. The number of thiophene rings is 1. The van der Waals surface area contributed by atoms with Crippen LogP contribution in [0.2, 0.25) is 0 Å². The Morgan fingerprint density at radius 1 is 1.07 bits per heavy atom. The lowest BCUT2D eigenvalue weighted by Crippen LogP contribution is -2.02. The van der Waals surface area contributed by atoms with Crippen LogP contribution in [0.25, 0.3) is 21.3 Å². The predicted octanol–water partition coefficient (Wildman–Crippen LogP) is 5.05. The monoisotopic (exact) mass is 408 g/mol. The number of rotatable bonds is 5. The number of carbonyl (C=O) groups is 1. The molecule has 0 saturated heterocycles. The van der Waals surface area contributed by atoms with Gasteiger partial charge in [-0.05, 0) is 30.7 Å². The molecule has 2 aromatic carbocycles. The van der Waals surface area contributed by atoms with E-state index in [0.717, 1.165) is 26.4 Å². The van der Waals surface area contributed by atoms with E-state index in [4.69, 9.17) is 0 Å². The number of phenolic OH excluding ortho intramolecular Hbond substituents is 2. The normalized spacial score (nSPS) is 11.0. The van der Waals surface area contributed by atoms with Crippen molar-refractivity contribution in [3.8, 4) is 22.6 Å². The molecular weight excluding hydrogens is 392 g/mol. The number of carbonyl (C=O) groups excluding carboxylic acids is 1. The molecule has 0 radical (unpaired) electrons. The lowest BCUT2D eigenvalue weighted by molar-refractivity contribution is 0.102. The average molecular weight is 409 g/mol. The van der Waals surface area contributed by atoms with Crippen LogP contribution >= 0.6 is 23.1 Å². The van der Waals surface area contributed by atoms with Gasteiger partial charge in [-0.3, -0.25) is 4.79 Å². The van der Waals surface area contributed by atoms with Crippen LogP contribution in [0.1, 0.15) is 15.9 Å². The van der Waals surface area contributed by atoms with Crippen LogP contribution in [0.3, 0.4) is 0 Å². The first-order chi connectivity index (χ1) is 13.5. The van der Waals surface area contributed by atoms with Gasteiger partial charge in [-0.1, -0.05) is 41.6 Å². The molecule has 28 heavy (non-hydrogen) atoms. The number of nitrogens with zero attached hydrogens (tertiary/aromatic N) is 2. The van der Waals surface area contributed by atoms with Crippen molar-refractivity contribution in [3.05, 3.63) is 65.3 Å². The summed E-state index contributed by atoms with van der Waals surface area (Å²) in [6, 6.07) is 12.4. The SMILES string of the molecule is Cc1ccc(-c2csc3ncnc(SCC(=O)c4ccc(O)c(O)c4)c23)cc1. The summed E-state index contributed by atoms with van der Waals surface area (Å²) in [5.74, 6) is -0.541. The summed E-state index contributed by atoms with van der Waals surface area (Å²) in [5, 5.41) is 22.8. The van der Waals surface area contributed by atoms with Gasteiger partial charge in [0.2, 0.25) is 0 Å². The quantitative estimate of drug-likeness (QED) is 0.208. The Hall–Kier alpha value is -2.90. The maximum absolute atomic E-state index is 12.5. The molecule has 0 spiro atoms. The summed E-state index contributed by atoms with van der Waals surface area (Å²) in [7, 11) is 0. The van der Waals surface area contributed by atoms with Crippen molar-refractivity contribution >= 4 is 39.1 Å².